The standard InChI is InChI=1S/C21H9F15N2/c22-15(23,14-13(10-6-2-1-3-7-10)37-11-8-4-5-9-12(11)38-14)16(24,25)17(26,27)18(28,29)19(30,31)20(32,33)21(34,35)36/h1-9H. The Morgan fingerprint density at radius 3 is 1.29 bits per heavy atom. The molecule has 208 valence electrons. The van der Waals surface area contributed by atoms with Crippen LogP contribution in [0.15, 0.2) is 54.6 Å². The third-order valence-electron chi connectivity index (χ3n) is 5.24. The predicted octanol–water partition coefficient (Wildman–Crippen LogP) is 8.13. The van der Waals surface area contributed by atoms with E-state index >= 15 is 8.78 Å². The molecular weight excluding hydrogens is 565 g/mol. The molecule has 0 radical (unpaired) electrons. The Hall–Kier alpha value is -3.27. The highest BCUT2D eigenvalue weighted by Crippen LogP contribution is 2.64. The minimum Gasteiger partial charge on any atom is -0.244 e. The lowest BCUT2D eigenvalue weighted by molar-refractivity contribution is -0.454. The fraction of sp³-hybridized carbons (Fsp3) is 0.333. The van der Waals surface area contributed by atoms with Crippen LogP contribution < -0.4 is 0 Å². The van der Waals surface area contributed by atoms with Gasteiger partial charge in [-0.15, -0.1) is 0 Å². The van der Waals surface area contributed by atoms with E-state index in [1.165, 1.54) is 12.1 Å². The Bertz CT molecular complexity index is 1320. The van der Waals surface area contributed by atoms with Crippen molar-refractivity contribution < 1.29 is 65.9 Å². The molecule has 0 bridgehead atoms. The van der Waals surface area contributed by atoms with Crippen LogP contribution in [-0.2, 0) is 5.92 Å². The van der Waals surface area contributed by atoms with E-state index < -0.39 is 64.2 Å². The van der Waals surface area contributed by atoms with Gasteiger partial charge in [-0.2, -0.15) is 65.9 Å². The first-order chi connectivity index (χ1) is 17.1. The van der Waals surface area contributed by atoms with Gasteiger partial charge in [0.15, 0.2) is 0 Å². The Labute approximate surface area is 201 Å². The number of hydrogen-bond donors (Lipinski definition) is 0. The predicted molar refractivity (Wildman–Crippen MR) is 99.7 cm³/mol. The maximum atomic E-state index is 15.0. The molecule has 1 heterocycles. The summed E-state index contributed by atoms with van der Waals surface area (Å²) in [4.78, 5) is 6.61. The summed E-state index contributed by atoms with van der Waals surface area (Å²) in [5.41, 5.74) is -5.38. The first kappa shape index (κ1) is 29.3. The zero-order valence-electron chi connectivity index (χ0n) is 17.8. The number of fused-ring (bicyclic) bond motifs is 1. The fourth-order valence-corrected chi connectivity index (χ4v) is 3.13. The van der Waals surface area contributed by atoms with Crippen LogP contribution in [-0.4, -0.2) is 45.8 Å². The maximum Gasteiger partial charge on any atom is 0.460 e. The topological polar surface area (TPSA) is 25.8 Å². The average Bonchev–Trinajstić information content (AvgIpc) is 2.82. The highest BCUT2D eigenvalue weighted by Gasteiger charge is 2.93. The quantitative estimate of drug-likeness (QED) is 0.267. The average molecular weight is 574 g/mol. The van der Waals surface area contributed by atoms with Crippen molar-refractivity contribution in [2.24, 2.45) is 0 Å². The van der Waals surface area contributed by atoms with E-state index in [0.717, 1.165) is 42.5 Å². The molecule has 38 heavy (non-hydrogen) atoms. The van der Waals surface area contributed by atoms with Gasteiger partial charge in [0.2, 0.25) is 0 Å². The number of hydrogen-bond acceptors (Lipinski definition) is 2. The third kappa shape index (κ3) is 3.92. The molecule has 2 aromatic carbocycles. The minimum absolute atomic E-state index is 0.317. The molecule has 0 unspecified atom stereocenters. The molecule has 0 N–H and O–H groups in total. The van der Waals surface area contributed by atoms with E-state index in [1.807, 2.05) is 0 Å². The normalized spacial score (nSPS) is 14.7. The Morgan fingerprint density at radius 1 is 0.421 bits per heavy atom. The molecule has 0 aliphatic heterocycles. The number of rotatable bonds is 7. The summed E-state index contributed by atoms with van der Waals surface area (Å²) < 4.78 is 205. The van der Waals surface area contributed by atoms with Crippen LogP contribution in [0.5, 0.6) is 0 Å². The second-order valence-electron chi connectivity index (χ2n) is 7.72. The minimum atomic E-state index is -8.39. The van der Waals surface area contributed by atoms with Gasteiger partial charge < -0.3 is 0 Å². The van der Waals surface area contributed by atoms with Gasteiger partial charge in [0, 0.05) is 5.56 Å². The summed E-state index contributed by atoms with van der Waals surface area (Å²) in [6.07, 6.45) is -7.67. The number of nitrogens with zero attached hydrogens (tertiary/aromatic N) is 2. The van der Waals surface area contributed by atoms with Gasteiger partial charge in [-0.1, -0.05) is 42.5 Å². The molecule has 17 heteroatoms. The van der Waals surface area contributed by atoms with E-state index in [2.05, 4.69) is 9.97 Å². The Balaban J connectivity index is 2.28. The highest BCUT2D eigenvalue weighted by molar-refractivity contribution is 5.78. The number of halogens is 15. The molecule has 1 aromatic heterocycles. The van der Waals surface area contributed by atoms with Crippen LogP contribution in [0.2, 0.25) is 0 Å². The number of alkyl halides is 15. The Morgan fingerprint density at radius 2 is 0.816 bits per heavy atom. The molecule has 0 spiro atoms. The lowest BCUT2D eigenvalue weighted by Crippen LogP contribution is -2.72. The zero-order chi connectivity index (χ0) is 29.2. The first-order valence-electron chi connectivity index (χ1n) is 9.72. The summed E-state index contributed by atoms with van der Waals surface area (Å²) >= 11 is 0. The first-order valence-corrected chi connectivity index (χ1v) is 9.72. The molecule has 2 nitrogen and oxygen atoms in total. The highest BCUT2D eigenvalue weighted by atomic mass is 19.4. The second-order valence-corrected chi connectivity index (χ2v) is 7.72. The largest absolute Gasteiger partial charge is 0.460 e. The fourth-order valence-electron chi connectivity index (χ4n) is 3.13. The van der Waals surface area contributed by atoms with Gasteiger partial charge in [-0.25, -0.2) is 9.97 Å². The number of benzene rings is 2. The van der Waals surface area contributed by atoms with Gasteiger partial charge in [0.1, 0.15) is 5.69 Å². The van der Waals surface area contributed by atoms with Crippen LogP contribution in [0.25, 0.3) is 22.3 Å². The molecule has 0 aliphatic carbocycles. The van der Waals surface area contributed by atoms with Crippen LogP contribution in [0.1, 0.15) is 5.69 Å². The summed E-state index contributed by atoms with van der Waals surface area (Å²) in [5, 5.41) is 0. The molecule has 0 amide bonds. The molecule has 0 saturated carbocycles. The SMILES string of the molecule is FC(F)(F)C(F)(F)C(F)(F)C(F)(F)C(F)(F)C(F)(F)C(F)(F)c1nc2ccccc2nc1-c1ccccc1. The molecule has 3 rings (SSSR count). The second kappa shape index (κ2) is 8.62. The molecular formula is C21H9F15N2. The van der Waals surface area contributed by atoms with E-state index in [0.29, 0.717) is 0 Å². The summed E-state index contributed by atoms with van der Waals surface area (Å²) in [7, 11) is 0. The summed E-state index contributed by atoms with van der Waals surface area (Å²) in [6.45, 7) is 0. The number of aromatic nitrogens is 2. The molecule has 0 saturated heterocycles. The zero-order valence-corrected chi connectivity index (χ0v) is 17.8. The van der Waals surface area contributed by atoms with Gasteiger partial charge >= 0.3 is 41.7 Å². The smallest absolute Gasteiger partial charge is 0.244 e. The van der Waals surface area contributed by atoms with E-state index in [4.69, 9.17) is 0 Å². The van der Waals surface area contributed by atoms with Gasteiger partial charge in [0.05, 0.1) is 16.7 Å². The summed E-state index contributed by atoms with van der Waals surface area (Å²) in [5.74, 6) is -47.4. The van der Waals surface area contributed by atoms with E-state index in [-0.39, 0.29) is 5.52 Å². The molecule has 0 aliphatic rings. The number of para-hydroxylation sites is 2. The van der Waals surface area contributed by atoms with Crippen LogP contribution in [0.3, 0.4) is 0 Å². The van der Waals surface area contributed by atoms with Crippen molar-refractivity contribution in [3.8, 4) is 11.3 Å². The van der Waals surface area contributed by atoms with E-state index in [1.54, 1.807) is 0 Å². The third-order valence-corrected chi connectivity index (χ3v) is 5.24. The Kier molecular flexibility index (Phi) is 6.65. The monoisotopic (exact) mass is 574 g/mol. The van der Waals surface area contributed by atoms with Crippen molar-refractivity contribution in [3.63, 3.8) is 0 Å². The lowest BCUT2D eigenvalue weighted by atomic mass is 9.89. The summed E-state index contributed by atoms with van der Waals surface area (Å²) in [6, 6.07) is 9.52. The van der Waals surface area contributed by atoms with Crippen molar-refractivity contribution in [2.75, 3.05) is 0 Å². The van der Waals surface area contributed by atoms with E-state index in [9.17, 15) is 57.1 Å². The molecule has 0 fully saturated rings. The van der Waals surface area contributed by atoms with Crippen molar-refractivity contribution in [2.45, 2.75) is 41.7 Å². The molecule has 0 atom stereocenters. The lowest BCUT2D eigenvalue weighted by Gasteiger charge is -2.41. The van der Waals surface area contributed by atoms with Gasteiger partial charge in [0.25, 0.3) is 0 Å². The van der Waals surface area contributed by atoms with Crippen molar-refractivity contribution in [3.05, 3.63) is 60.3 Å². The van der Waals surface area contributed by atoms with Gasteiger partial charge in [-0.3, -0.25) is 0 Å². The van der Waals surface area contributed by atoms with Crippen LogP contribution >= 0.6 is 0 Å². The maximum absolute atomic E-state index is 15.0. The van der Waals surface area contributed by atoms with Crippen molar-refractivity contribution in [1.82, 2.24) is 9.97 Å². The van der Waals surface area contributed by atoms with Gasteiger partial charge in [-0.05, 0) is 12.1 Å². The van der Waals surface area contributed by atoms with Crippen LogP contribution in [0.4, 0.5) is 65.9 Å². The van der Waals surface area contributed by atoms with Crippen LogP contribution in [0, 0.1) is 0 Å². The molecule has 3 aromatic rings. The van der Waals surface area contributed by atoms with Crippen molar-refractivity contribution >= 4 is 11.0 Å². The van der Waals surface area contributed by atoms with Crippen molar-refractivity contribution in [1.29, 1.82) is 0 Å².